The number of hydrogen-bond acceptors (Lipinski definition) is 4. The number of alkyl halides is 1. The lowest BCUT2D eigenvalue weighted by atomic mass is 9.95. The molecular formula is C18H17ClN2OS. The molecule has 0 fully saturated rings. The van der Waals surface area contributed by atoms with Crippen molar-refractivity contribution < 1.29 is 4.74 Å². The lowest BCUT2D eigenvalue weighted by Gasteiger charge is -2.12. The van der Waals surface area contributed by atoms with Crippen LogP contribution in [-0.4, -0.2) is 17.1 Å². The molecule has 4 rings (SSSR count). The standard InChI is InChI=1S/C18H17ClN2OS/c1-22-12-8-6-11(7-9-12)17-16-13-4-2-3-5-14(13)23-18(16)21-15(10-19)20-17/h6-9H,2-5,10H2,1H3. The lowest BCUT2D eigenvalue weighted by molar-refractivity contribution is 0.415. The molecule has 5 heteroatoms. The Hall–Kier alpha value is -1.65. The van der Waals surface area contributed by atoms with Crippen LogP contribution in [0.4, 0.5) is 0 Å². The Bertz CT molecular complexity index is 858. The number of methoxy groups -OCH3 is 1. The number of rotatable bonds is 3. The molecule has 0 N–H and O–H groups in total. The third-order valence-electron chi connectivity index (χ3n) is 4.34. The van der Waals surface area contributed by atoms with Gasteiger partial charge in [-0.1, -0.05) is 0 Å². The Morgan fingerprint density at radius 1 is 1.13 bits per heavy atom. The summed E-state index contributed by atoms with van der Waals surface area (Å²) < 4.78 is 5.26. The van der Waals surface area contributed by atoms with Gasteiger partial charge >= 0.3 is 0 Å². The van der Waals surface area contributed by atoms with E-state index in [2.05, 4.69) is 17.1 Å². The SMILES string of the molecule is COc1ccc(-c2nc(CCl)nc3sc4c(c23)CCCC4)cc1. The number of benzene rings is 1. The van der Waals surface area contributed by atoms with E-state index in [1.54, 1.807) is 7.11 Å². The van der Waals surface area contributed by atoms with Gasteiger partial charge in [0.15, 0.2) is 0 Å². The van der Waals surface area contributed by atoms with Gasteiger partial charge in [0, 0.05) is 15.8 Å². The van der Waals surface area contributed by atoms with Crippen LogP contribution in [0.5, 0.6) is 5.75 Å². The molecule has 0 saturated heterocycles. The minimum atomic E-state index is 0.335. The van der Waals surface area contributed by atoms with Crippen LogP contribution in [0.1, 0.15) is 29.1 Å². The number of halogens is 1. The fourth-order valence-corrected chi connectivity index (χ4v) is 4.62. The number of hydrogen-bond donors (Lipinski definition) is 0. The highest BCUT2D eigenvalue weighted by atomic mass is 35.5. The first-order valence-electron chi connectivity index (χ1n) is 7.81. The quantitative estimate of drug-likeness (QED) is 0.628. The van der Waals surface area contributed by atoms with Gasteiger partial charge in [0.2, 0.25) is 0 Å². The fourth-order valence-electron chi connectivity index (χ4n) is 3.22. The highest BCUT2D eigenvalue weighted by molar-refractivity contribution is 7.19. The van der Waals surface area contributed by atoms with E-state index >= 15 is 0 Å². The summed E-state index contributed by atoms with van der Waals surface area (Å²) in [6.07, 6.45) is 4.81. The van der Waals surface area contributed by atoms with Crippen molar-refractivity contribution in [2.75, 3.05) is 7.11 Å². The molecule has 3 nitrogen and oxygen atoms in total. The van der Waals surface area contributed by atoms with E-state index in [0.29, 0.717) is 11.7 Å². The van der Waals surface area contributed by atoms with Gasteiger partial charge in [-0.15, -0.1) is 22.9 Å². The monoisotopic (exact) mass is 344 g/mol. The first-order chi connectivity index (χ1) is 11.3. The van der Waals surface area contributed by atoms with Crippen LogP contribution in [0.25, 0.3) is 21.5 Å². The Kier molecular flexibility index (Phi) is 3.95. The molecule has 0 amide bonds. The maximum Gasteiger partial charge on any atom is 0.145 e. The van der Waals surface area contributed by atoms with Crippen molar-refractivity contribution in [3.05, 3.63) is 40.5 Å². The molecule has 2 aromatic heterocycles. The summed E-state index contributed by atoms with van der Waals surface area (Å²) in [6.45, 7) is 0. The lowest BCUT2D eigenvalue weighted by Crippen LogP contribution is -2.00. The predicted molar refractivity (Wildman–Crippen MR) is 95.6 cm³/mol. The highest BCUT2D eigenvalue weighted by Crippen LogP contribution is 2.40. The Morgan fingerprint density at radius 3 is 2.65 bits per heavy atom. The van der Waals surface area contributed by atoms with Gasteiger partial charge in [-0.3, -0.25) is 0 Å². The molecule has 2 heterocycles. The topological polar surface area (TPSA) is 35.0 Å². The first kappa shape index (κ1) is 14.9. The largest absolute Gasteiger partial charge is 0.497 e. The van der Waals surface area contributed by atoms with Crippen molar-refractivity contribution in [3.8, 4) is 17.0 Å². The minimum Gasteiger partial charge on any atom is -0.497 e. The van der Waals surface area contributed by atoms with Gasteiger partial charge in [-0.25, -0.2) is 9.97 Å². The van der Waals surface area contributed by atoms with Crippen LogP contribution in [0.2, 0.25) is 0 Å². The summed E-state index contributed by atoms with van der Waals surface area (Å²) in [4.78, 5) is 12.0. The molecule has 1 aromatic carbocycles. The Labute approximate surface area is 144 Å². The predicted octanol–water partition coefficient (Wildman–Crippen LogP) is 4.98. The molecule has 0 unspecified atom stereocenters. The zero-order valence-corrected chi connectivity index (χ0v) is 14.5. The smallest absolute Gasteiger partial charge is 0.145 e. The average Bonchev–Trinajstić information content (AvgIpc) is 2.99. The molecule has 118 valence electrons. The van der Waals surface area contributed by atoms with Gasteiger partial charge in [-0.05, 0) is 55.5 Å². The van der Waals surface area contributed by atoms with E-state index < -0.39 is 0 Å². The van der Waals surface area contributed by atoms with Crippen LogP contribution < -0.4 is 4.74 Å². The van der Waals surface area contributed by atoms with Crippen LogP contribution in [0.15, 0.2) is 24.3 Å². The van der Waals surface area contributed by atoms with E-state index in [0.717, 1.165) is 34.7 Å². The highest BCUT2D eigenvalue weighted by Gasteiger charge is 2.21. The van der Waals surface area contributed by atoms with Crippen molar-refractivity contribution in [1.29, 1.82) is 0 Å². The van der Waals surface area contributed by atoms with Gasteiger partial charge in [-0.2, -0.15) is 0 Å². The summed E-state index contributed by atoms with van der Waals surface area (Å²) in [5, 5.41) is 1.23. The molecule has 0 spiro atoms. The number of thiophene rings is 1. The summed E-state index contributed by atoms with van der Waals surface area (Å²) in [5.74, 6) is 1.88. The number of ether oxygens (including phenoxy) is 1. The van der Waals surface area contributed by atoms with Crippen molar-refractivity contribution in [3.63, 3.8) is 0 Å². The first-order valence-corrected chi connectivity index (χ1v) is 9.17. The van der Waals surface area contributed by atoms with Crippen molar-refractivity contribution >= 4 is 33.2 Å². The molecule has 0 atom stereocenters. The number of fused-ring (bicyclic) bond motifs is 3. The van der Waals surface area contributed by atoms with Crippen LogP contribution >= 0.6 is 22.9 Å². The second-order valence-electron chi connectivity index (χ2n) is 5.74. The molecule has 0 bridgehead atoms. The minimum absolute atomic E-state index is 0.335. The number of aromatic nitrogens is 2. The second kappa shape index (κ2) is 6.10. The van der Waals surface area contributed by atoms with Gasteiger partial charge in [0.05, 0.1) is 18.7 Å². The maximum atomic E-state index is 6.02. The molecule has 1 aliphatic carbocycles. The summed E-state index contributed by atoms with van der Waals surface area (Å²) >= 11 is 7.83. The van der Waals surface area contributed by atoms with Gasteiger partial charge in [0.25, 0.3) is 0 Å². The summed E-state index contributed by atoms with van der Waals surface area (Å²) in [7, 11) is 1.68. The molecule has 0 aliphatic heterocycles. The van der Waals surface area contributed by atoms with Crippen molar-refractivity contribution in [2.24, 2.45) is 0 Å². The van der Waals surface area contributed by atoms with Gasteiger partial charge in [0.1, 0.15) is 16.4 Å². The number of nitrogens with zero attached hydrogens (tertiary/aromatic N) is 2. The molecule has 1 aliphatic rings. The molecule has 23 heavy (non-hydrogen) atoms. The van der Waals surface area contributed by atoms with Crippen molar-refractivity contribution in [2.45, 2.75) is 31.6 Å². The van der Waals surface area contributed by atoms with E-state index in [-0.39, 0.29) is 0 Å². The molecule has 0 saturated carbocycles. The van der Waals surface area contributed by atoms with E-state index in [1.165, 1.54) is 28.7 Å². The second-order valence-corrected chi connectivity index (χ2v) is 7.09. The third kappa shape index (κ3) is 2.60. The molecule has 3 aromatic rings. The maximum absolute atomic E-state index is 6.02. The molecule has 0 radical (unpaired) electrons. The van der Waals surface area contributed by atoms with E-state index in [9.17, 15) is 0 Å². The zero-order chi connectivity index (χ0) is 15.8. The molecular weight excluding hydrogens is 328 g/mol. The normalized spacial score (nSPS) is 14.0. The summed E-state index contributed by atoms with van der Waals surface area (Å²) in [5.41, 5.74) is 3.55. The van der Waals surface area contributed by atoms with Crippen molar-refractivity contribution in [1.82, 2.24) is 9.97 Å². The third-order valence-corrected chi connectivity index (χ3v) is 5.77. The van der Waals surface area contributed by atoms with E-state index in [1.807, 2.05) is 23.5 Å². The summed E-state index contributed by atoms with van der Waals surface area (Å²) in [6, 6.07) is 8.07. The fraction of sp³-hybridized carbons (Fsp3) is 0.333. The van der Waals surface area contributed by atoms with Gasteiger partial charge < -0.3 is 4.74 Å². The van der Waals surface area contributed by atoms with E-state index in [4.69, 9.17) is 21.3 Å². The van der Waals surface area contributed by atoms with Crippen LogP contribution in [-0.2, 0) is 18.7 Å². The van der Waals surface area contributed by atoms with Crippen LogP contribution in [0, 0.1) is 0 Å². The Morgan fingerprint density at radius 2 is 1.91 bits per heavy atom. The average molecular weight is 345 g/mol. The van der Waals surface area contributed by atoms with Crippen LogP contribution in [0.3, 0.4) is 0 Å². The Balaban J connectivity index is 1.97. The number of aryl methyl sites for hydroxylation is 2. The zero-order valence-electron chi connectivity index (χ0n) is 12.9.